The van der Waals surface area contributed by atoms with E-state index in [0.717, 1.165) is 19.3 Å². The molecule has 0 saturated heterocycles. The van der Waals surface area contributed by atoms with Crippen molar-refractivity contribution in [1.82, 2.24) is 10.6 Å². The van der Waals surface area contributed by atoms with E-state index < -0.39 is 5.82 Å². The van der Waals surface area contributed by atoms with Crippen LogP contribution in [0.3, 0.4) is 0 Å². The van der Waals surface area contributed by atoms with E-state index in [9.17, 15) is 9.18 Å². The van der Waals surface area contributed by atoms with Gasteiger partial charge in [0.25, 0.3) is 0 Å². The van der Waals surface area contributed by atoms with E-state index in [2.05, 4.69) is 10.6 Å². The molecule has 4 nitrogen and oxygen atoms in total. The Kier molecular flexibility index (Phi) is 4.31. The Balaban J connectivity index is 1.88. The second kappa shape index (κ2) is 5.97. The molecule has 4 N–H and O–H groups in total. The second-order valence-electron chi connectivity index (χ2n) is 4.63. The average Bonchev–Trinajstić information content (AvgIpc) is 2.32. The van der Waals surface area contributed by atoms with Crippen LogP contribution < -0.4 is 16.4 Å². The maximum absolute atomic E-state index is 13.7. The fraction of sp³-hybridized carbons (Fsp3) is 0.385. The minimum absolute atomic E-state index is 0.141. The maximum Gasteiger partial charge on any atom is 0.315 e. The lowest BCUT2D eigenvalue weighted by molar-refractivity contribution is 0.228. The molecule has 0 spiro atoms. The number of halogens is 1. The summed E-state index contributed by atoms with van der Waals surface area (Å²) < 4.78 is 13.7. The van der Waals surface area contributed by atoms with Crippen LogP contribution in [0.4, 0.5) is 9.18 Å². The molecule has 0 aliphatic heterocycles. The number of hydrogen-bond donors (Lipinski definition) is 3. The first-order valence-corrected chi connectivity index (χ1v) is 6.59. The highest BCUT2D eigenvalue weighted by molar-refractivity contribution is 7.80. The molecule has 1 saturated carbocycles. The highest BCUT2D eigenvalue weighted by Crippen LogP contribution is 2.17. The van der Waals surface area contributed by atoms with Crippen molar-refractivity contribution in [2.45, 2.75) is 31.8 Å². The van der Waals surface area contributed by atoms with Gasteiger partial charge in [-0.3, -0.25) is 0 Å². The van der Waals surface area contributed by atoms with E-state index in [1.165, 1.54) is 6.07 Å². The van der Waals surface area contributed by atoms with E-state index in [-0.39, 0.29) is 23.6 Å². The highest BCUT2D eigenvalue weighted by atomic mass is 32.1. The van der Waals surface area contributed by atoms with Crippen molar-refractivity contribution in [3.05, 3.63) is 35.1 Å². The molecule has 6 heteroatoms. The molecule has 1 aromatic rings. The van der Waals surface area contributed by atoms with Gasteiger partial charge in [-0.15, -0.1) is 0 Å². The van der Waals surface area contributed by atoms with Crippen LogP contribution in [0.2, 0.25) is 0 Å². The summed E-state index contributed by atoms with van der Waals surface area (Å²) in [6.07, 6.45) is 3.19. The molecule has 0 aromatic heterocycles. The van der Waals surface area contributed by atoms with Gasteiger partial charge in [0.2, 0.25) is 0 Å². The van der Waals surface area contributed by atoms with Gasteiger partial charge in [0.05, 0.1) is 0 Å². The predicted molar refractivity (Wildman–Crippen MR) is 75.3 cm³/mol. The molecule has 1 aliphatic rings. The van der Waals surface area contributed by atoms with Crippen LogP contribution in [-0.4, -0.2) is 17.1 Å². The van der Waals surface area contributed by atoms with Gasteiger partial charge in [0.15, 0.2) is 0 Å². The third kappa shape index (κ3) is 3.64. The van der Waals surface area contributed by atoms with Crippen LogP contribution in [0.25, 0.3) is 0 Å². The first-order valence-electron chi connectivity index (χ1n) is 6.19. The van der Waals surface area contributed by atoms with Gasteiger partial charge in [-0.1, -0.05) is 24.4 Å². The zero-order valence-electron chi connectivity index (χ0n) is 10.4. The third-order valence-electron chi connectivity index (χ3n) is 3.22. The number of nitrogens with one attached hydrogen (secondary N) is 2. The Labute approximate surface area is 116 Å². The summed E-state index contributed by atoms with van der Waals surface area (Å²) in [6, 6.07) is 4.51. The highest BCUT2D eigenvalue weighted by Gasteiger charge is 2.19. The molecule has 102 valence electrons. The van der Waals surface area contributed by atoms with Crippen molar-refractivity contribution in [3.63, 3.8) is 0 Å². The van der Waals surface area contributed by atoms with Crippen molar-refractivity contribution >= 4 is 23.2 Å². The largest absolute Gasteiger partial charge is 0.389 e. The fourth-order valence-electron chi connectivity index (χ4n) is 1.81. The normalized spacial score (nSPS) is 14.6. The minimum Gasteiger partial charge on any atom is -0.389 e. The first kappa shape index (κ1) is 13.7. The summed E-state index contributed by atoms with van der Waals surface area (Å²) in [7, 11) is 0. The number of benzene rings is 1. The molecular formula is C13H16FN3OS. The molecule has 0 bridgehead atoms. The summed E-state index contributed by atoms with van der Waals surface area (Å²) in [4.78, 5) is 11.7. The summed E-state index contributed by atoms with van der Waals surface area (Å²) in [6.45, 7) is 0.141. The van der Waals surface area contributed by atoms with Crippen molar-refractivity contribution in [1.29, 1.82) is 0 Å². The van der Waals surface area contributed by atoms with Gasteiger partial charge in [0.1, 0.15) is 10.8 Å². The molecule has 1 aromatic carbocycles. The smallest absolute Gasteiger partial charge is 0.315 e. The number of carbonyl (C=O) groups is 1. The van der Waals surface area contributed by atoms with Gasteiger partial charge in [-0.25, -0.2) is 9.18 Å². The number of hydrogen-bond acceptors (Lipinski definition) is 2. The van der Waals surface area contributed by atoms with E-state index in [1.54, 1.807) is 12.1 Å². The van der Waals surface area contributed by atoms with Crippen molar-refractivity contribution < 1.29 is 9.18 Å². The maximum atomic E-state index is 13.7. The SMILES string of the molecule is NC(=S)c1ccc(CNC(=O)NC2CCC2)c(F)c1. The molecule has 0 radical (unpaired) electrons. The summed E-state index contributed by atoms with van der Waals surface area (Å²) in [5.41, 5.74) is 6.30. The molecule has 19 heavy (non-hydrogen) atoms. The minimum atomic E-state index is -0.422. The van der Waals surface area contributed by atoms with Gasteiger partial charge >= 0.3 is 6.03 Å². The lowest BCUT2D eigenvalue weighted by atomic mass is 9.93. The standard InChI is InChI=1S/C13H16FN3OS/c14-11-6-8(12(15)19)4-5-9(11)7-16-13(18)17-10-2-1-3-10/h4-6,10H,1-3,7H2,(H2,15,19)(H2,16,17,18). The molecule has 1 aliphatic carbocycles. The van der Waals surface area contributed by atoms with E-state index in [4.69, 9.17) is 18.0 Å². The molecule has 0 unspecified atom stereocenters. The number of nitrogens with two attached hydrogens (primary N) is 1. The monoisotopic (exact) mass is 281 g/mol. The van der Waals surface area contributed by atoms with Crippen molar-refractivity contribution in [2.24, 2.45) is 5.73 Å². The predicted octanol–water partition coefficient (Wildman–Crippen LogP) is 1.81. The Morgan fingerprint density at radius 3 is 2.74 bits per heavy atom. The van der Waals surface area contributed by atoms with Crippen LogP contribution >= 0.6 is 12.2 Å². The zero-order valence-corrected chi connectivity index (χ0v) is 11.2. The quantitative estimate of drug-likeness (QED) is 0.737. The summed E-state index contributed by atoms with van der Waals surface area (Å²) in [5.74, 6) is -0.422. The van der Waals surface area contributed by atoms with Crippen molar-refractivity contribution in [2.75, 3.05) is 0 Å². The fourth-order valence-corrected chi connectivity index (χ4v) is 1.94. The van der Waals surface area contributed by atoms with Crippen LogP contribution in [0.5, 0.6) is 0 Å². The lowest BCUT2D eigenvalue weighted by Crippen LogP contribution is -2.44. The molecule has 0 atom stereocenters. The van der Waals surface area contributed by atoms with Crippen LogP contribution in [0.1, 0.15) is 30.4 Å². The van der Waals surface area contributed by atoms with E-state index >= 15 is 0 Å². The molecular weight excluding hydrogens is 265 g/mol. The number of carbonyl (C=O) groups excluding carboxylic acids is 1. The Hall–Kier alpha value is -1.69. The zero-order chi connectivity index (χ0) is 13.8. The van der Waals surface area contributed by atoms with Crippen LogP contribution in [-0.2, 0) is 6.54 Å². The van der Waals surface area contributed by atoms with Crippen LogP contribution in [0, 0.1) is 5.82 Å². The molecule has 0 heterocycles. The van der Waals surface area contributed by atoms with E-state index in [0.29, 0.717) is 11.1 Å². The summed E-state index contributed by atoms with van der Waals surface area (Å²) in [5, 5.41) is 5.46. The Morgan fingerprint density at radius 1 is 1.47 bits per heavy atom. The molecule has 1 fully saturated rings. The van der Waals surface area contributed by atoms with Gasteiger partial charge in [0, 0.05) is 23.7 Å². The number of urea groups is 1. The first-order chi connectivity index (χ1) is 9.06. The third-order valence-corrected chi connectivity index (χ3v) is 3.45. The van der Waals surface area contributed by atoms with Gasteiger partial charge < -0.3 is 16.4 Å². The van der Waals surface area contributed by atoms with Gasteiger partial charge in [-0.2, -0.15) is 0 Å². The topological polar surface area (TPSA) is 67.1 Å². The average molecular weight is 281 g/mol. The summed E-state index contributed by atoms with van der Waals surface area (Å²) >= 11 is 4.77. The number of thiocarbonyl (C=S) groups is 1. The number of amides is 2. The molecule has 2 rings (SSSR count). The van der Waals surface area contributed by atoms with Gasteiger partial charge in [-0.05, 0) is 25.3 Å². The lowest BCUT2D eigenvalue weighted by Gasteiger charge is -2.26. The van der Waals surface area contributed by atoms with E-state index in [1.807, 2.05) is 0 Å². The Bertz CT molecular complexity index is 503. The Morgan fingerprint density at radius 2 is 2.21 bits per heavy atom. The molecule has 2 amide bonds. The number of rotatable bonds is 4. The second-order valence-corrected chi connectivity index (χ2v) is 5.07. The van der Waals surface area contributed by atoms with Crippen molar-refractivity contribution in [3.8, 4) is 0 Å². The van der Waals surface area contributed by atoms with Crippen LogP contribution in [0.15, 0.2) is 18.2 Å².